The quantitative estimate of drug-likeness (QED) is 0.193. The first-order chi connectivity index (χ1) is 24.7. The summed E-state index contributed by atoms with van der Waals surface area (Å²) in [7, 11) is 0. The van der Waals surface area contributed by atoms with Crippen molar-refractivity contribution in [2.24, 2.45) is 0 Å². The number of aromatic nitrogens is 2. The SMILES string of the molecule is N#Cc1ccc2c(c1)c1ccccc1n2-c1c(C#N)cccc1-c1cccc(-c2cccc(-n3c4ccccc4c4ccc(C#N)cc43)c2)c1. The molecule has 5 heteroatoms. The highest BCUT2D eigenvalue weighted by atomic mass is 15.0. The Labute approximate surface area is 287 Å². The highest BCUT2D eigenvalue weighted by Gasteiger charge is 2.20. The summed E-state index contributed by atoms with van der Waals surface area (Å²) in [5.41, 5.74) is 11.5. The molecule has 0 amide bonds. The highest BCUT2D eigenvalue weighted by molar-refractivity contribution is 6.11. The van der Waals surface area contributed by atoms with Crippen LogP contribution in [0.25, 0.3) is 77.2 Å². The van der Waals surface area contributed by atoms with Crippen LogP contribution in [0.3, 0.4) is 0 Å². The summed E-state index contributed by atoms with van der Waals surface area (Å²) in [5, 5.41) is 34.0. The molecule has 0 radical (unpaired) electrons. The van der Waals surface area contributed by atoms with Gasteiger partial charge >= 0.3 is 0 Å². The average molecular weight is 636 g/mol. The summed E-state index contributed by atoms with van der Waals surface area (Å²) in [6.45, 7) is 0. The Balaban J connectivity index is 1.23. The van der Waals surface area contributed by atoms with Crippen molar-refractivity contribution < 1.29 is 0 Å². The summed E-state index contributed by atoms with van der Waals surface area (Å²) < 4.78 is 4.39. The van der Waals surface area contributed by atoms with Crippen LogP contribution in [0.15, 0.2) is 152 Å². The predicted octanol–water partition coefficient (Wildman–Crippen LogP) is 10.8. The van der Waals surface area contributed by atoms with E-state index in [0.29, 0.717) is 16.7 Å². The first-order valence-corrected chi connectivity index (χ1v) is 16.3. The van der Waals surface area contributed by atoms with Gasteiger partial charge in [-0.2, -0.15) is 15.8 Å². The molecule has 0 fully saturated rings. The van der Waals surface area contributed by atoms with Crippen molar-refractivity contribution >= 4 is 43.6 Å². The van der Waals surface area contributed by atoms with Gasteiger partial charge in [-0.15, -0.1) is 0 Å². The van der Waals surface area contributed by atoms with Crippen LogP contribution in [0.4, 0.5) is 0 Å². The molecule has 0 unspecified atom stereocenters. The van der Waals surface area contributed by atoms with Crippen molar-refractivity contribution in [2.75, 3.05) is 0 Å². The number of hydrogen-bond acceptors (Lipinski definition) is 3. The number of nitrogens with zero attached hydrogens (tertiary/aromatic N) is 5. The number of nitriles is 3. The van der Waals surface area contributed by atoms with Gasteiger partial charge in [-0.25, -0.2) is 0 Å². The largest absolute Gasteiger partial charge is 0.309 e. The molecule has 2 heterocycles. The molecule has 50 heavy (non-hydrogen) atoms. The van der Waals surface area contributed by atoms with Crippen LogP contribution >= 0.6 is 0 Å². The zero-order valence-corrected chi connectivity index (χ0v) is 26.7. The molecule has 2 aromatic heterocycles. The predicted molar refractivity (Wildman–Crippen MR) is 200 cm³/mol. The fourth-order valence-electron chi connectivity index (χ4n) is 7.40. The lowest BCUT2D eigenvalue weighted by Gasteiger charge is -2.17. The van der Waals surface area contributed by atoms with Gasteiger partial charge in [-0.1, -0.05) is 84.9 Å². The molecule has 0 aliphatic rings. The van der Waals surface area contributed by atoms with E-state index in [9.17, 15) is 15.8 Å². The molecule has 0 aliphatic heterocycles. The molecular weight excluding hydrogens is 611 g/mol. The average Bonchev–Trinajstić information content (AvgIpc) is 3.69. The molecule has 9 rings (SSSR count). The van der Waals surface area contributed by atoms with Crippen molar-refractivity contribution in [1.29, 1.82) is 15.8 Å². The van der Waals surface area contributed by atoms with E-state index in [1.165, 1.54) is 0 Å². The molecule has 7 aromatic carbocycles. The molecule has 230 valence electrons. The smallest absolute Gasteiger partial charge is 0.101 e. The van der Waals surface area contributed by atoms with Crippen LogP contribution in [-0.2, 0) is 0 Å². The van der Waals surface area contributed by atoms with E-state index < -0.39 is 0 Å². The first-order valence-electron chi connectivity index (χ1n) is 16.3. The molecule has 0 spiro atoms. The zero-order chi connectivity index (χ0) is 33.8. The van der Waals surface area contributed by atoms with Crippen LogP contribution in [0, 0.1) is 34.0 Å². The molecule has 0 bridgehead atoms. The van der Waals surface area contributed by atoms with Crippen molar-refractivity contribution in [3.8, 4) is 51.8 Å². The van der Waals surface area contributed by atoms with Crippen molar-refractivity contribution in [1.82, 2.24) is 9.13 Å². The third-order valence-electron chi connectivity index (χ3n) is 9.60. The third kappa shape index (κ3) is 4.38. The summed E-state index contributed by atoms with van der Waals surface area (Å²) in [6.07, 6.45) is 0. The van der Waals surface area contributed by atoms with Crippen molar-refractivity contribution in [3.63, 3.8) is 0 Å². The summed E-state index contributed by atoms with van der Waals surface area (Å²) in [5.74, 6) is 0. The maximum Gasteiger partial charge on any atom is 0.101 e. The zero-order valence-electron chi connectivity index (χ0n) is 26.7. The Hall–Kier alpha value is -7.39. The molecule has 0 aliphatic carbocycles. The fraction of sp³-hybridized carbons (Fsp3) is 0. The summed E-state index contributed by atoms with van der Waals surface area (Å²) in [6, 6.07) is 57.9. The Morgan fingerprint density at radius 3 is 1.76 bits per heavy atom. The van der Waals surface area contributed by atoms with E-state index in [-0.39, 0.29) is 0 Å². The molecule has 0 saturated heterocycles. The van der Waals surface area contributed by atoms with Gasteiger partial charge in [0.15, 0.2) is 0 Å². The van der Waals surface area contributed by atoms with E-state index >= 15 is 0 Å². The number of rotatable bonds is 4. The van der Waals surface area contributed by atoms with E-state index in [1.807, 2.05) is 72.8 Å². The molecule has 0 saturated carbocycles. The van der Waals surface area contributed by atoms with Gasteiger partial charge in [-0.3, -0.25) is 0 Å². The summed E-state index contributed by atoms with van der Waals surface area (Å²) >= 11 is 0. The second-order valence-electron chi connectivity index (χ2n) is 12.3. The number of para-hydroxylation sites is 3. The standard InChI is InChI=1S/C45H25N5/c46-26-29-19-21-43-40(22-29)38-14-2-4-17-42(38)50(43)45-34(28-48)11-7-15-36(45)33-10-5-8-31(24-33)32-9-6-12-35(25-32)49-41-16-3-1-13-37(41)39-20-18-30(27-47)23-44(39)49/h1-25H. The van der Waals surface area contributed by atoms with Crippen molar-refractivity contribution in [2.45, 2.75) is 0 Å². The Kier molecular flexibility index (Phi) is 6.56. The summed E-state index contributed by atoms with van der Waals surface area (Å²) in [4.78, 5) is 0. The molecular formula is C45H25N5. The second-order valence-corrected chi connectivity index (χ2v) is 12.3. The lowest BCUT2D eigenvalue weighted by Crippen LogP contribution is -2.01. The Bertz CT molecular complexity index is 2970. The van der Waals surface area contributed by atoms with Gasteiger partial charge in [0.1, 0.15) is 6.07 Å². The number of hydrogen-bond donors (Lipinski definition) is 0. The van der Waals surface area contributed by atoms with E-state index in [0.717, 1.165) is 77.2 Å². The Morgan fingerprint density at radius 1 is 0.380 bits per heavy atom. The van der Waals surface area contributed by atoms with E-state index in [4.69, 9.17) is 0 Å². The maximum atomic E-state index is 10.4. The monoisotopic (exact) mass is 635 g/mol. The lowest BCUT2D eigenvalue weighted by atomic mass is 9.96. The van der Waals surface area contributed by atoms with Gasteiger partial charge in [0.25, 0.3) is 0 Å². The molecule has 9 aromatic rings. The normalized spacial score (nSPS) is 11.1. The van der Waals surface area contributed by atoms with Crippen molar-refractivity contribution in [3.05, 3.63) is 168 Å². The maximum absolute atomic E-state index is 10.4. The van der Waals surface area contributed by atoms with Gasteiger partial charge in [0.05, 0.1) is 56.6 Å². The first kappa shape index (κ1) is 28.8. The van der Waals surface area contributed by atoms with Gasteiger partial charge < -0.3 is 9.13 Å². The van der Waals surface area contributed by atoms with Crippen LogP contribution < -0.4 is 0 Å². The Morgan fingerprint density at radius 2 is 0.980 bits per heavy atom. The van der Waals surface area contributed by atoms with Crippen LogP contribution in [-0.4, -0.2) is 9.13 Å². The molecule has 5 nitrogen and oxygen atoms in total. The minimum absolute atomic E-state index is 0.560. The molecule has 0 atom stereocenters. The minimum Gasteiger partial charge on any atom is -0.309 e. The second kappa shape index (κ2) is 11.4. The fourth-order valence-corrected chi connectivity index (χ4v) is 7.40. The number of benzene rings is 7. The van der Waals surface area contributed by atoms with E-state index in [2.05, 4.69) is 106 Å². The third-order valence-corrected chi connectivity index (χ3v) is 9.60. The minimum atomic E-state index is 0.560. The highest BCUT2D eigenvalue weighted by Crippen LogP contribution is 2.39. The van der Waals surface area contributed by atoms with Crippen LogP contribution in [0.2, 0.25) is 0 Å². The topological polar surface area (TPSA) is 81.2 Å². The van der Waals surface area contributed by atoms with Gasteiger partial charge in [0, 0.05) is 32.8 Å². The molecule has 0 N–H and O–H groups in total. The van der Waals surface area contributed by atoms with E-state index in [1.54, 1.807) is 0 Å². The van der Waals surface area contributed by atoms with Crippen LogP contribution in [0.5, 0.6) is 0 Å². The number of fused-ring (bicyclic) bond motifs is 6. The van der Waals surface area contributed by atoms with Gasteiger partial charge in [0.2, 0.25) is 0 Å². The van der Waals surface area contributed by atoms with Crippen LogP contribution in [0.1, 0.15) is 16.7 Å². The lowest BCUT2D eigenvalue weighted by molar-refractivity contribution is 1.17. The van der Waals surface area contributed by atoms with Gasteiger partial charge in [-0.05, 0) is 83.4 Å².